The molecule has 6 heteroatoms. The van der Waals surface area contributed by atoms with Crippen molar-refractivity contribution in [2.24, 2.45) is 0 Å². The number of aromatic nitrogens is 1. The van der Waals surface area contributed by atoms with E-state index >= 15 is 0 Å². The first-order valence-corrected chi connectivity index (χ1v) is 4.64. The van der Waals surface area contributed by atoms with Crippen LogP contribution in [0.3, 0.4) is 0 Å². The lowest BCUT2D eigenvalue weighted by atomic mass is 10.4. The topological polar surface area (TPSA) is 58.8 Å². The Morgan fingerprint density at radius 1 is 1.67 bits per heavy atom. The highest BCUT2D eigenvalue weighted by Crippen LogP contribution is 2.18. The Morgan fingerprint density at radius 3 is 3.07 bits per heavy atom. The van der Waals surface area contributed by atoms with E-state index in [0.717, 1.165) is 0 Å². The minimum absolute atomic E-state index is 0.0368. The van der Waals surface area contributed by atoms with E-state index in [1.54, 1.807) is 18.1 Å². The van der Waals surface area contributed by atoms with Crippen LogP contribution in [-0.2, 0) is 16.1 Å². The van der Waals surface area contributed by atoms with E-state index in [4.69, 9.17) is 9.26 Å². The lowest BCUT2D eigenvalue weighted by molar-refractivity contribution is -0.116. The molecule has 0 atom stereocenters. The molecule has 1 aromatic heterocycles. The number of hydrogen-bond acceptors (Lipinski definition) is 5. The molecule has 1 aliphatic heterocycles. The van der Waals surface area contributed by atoms with E-state index in [9.17, 15) is 4.79 Å². The van der Waals surface area contributed by atoms with Gasteiger partial charge in [0.25, 0.3) is 0 Å². The summed E-state index contributed by atoms with van der Waals surface area (Å²) in [7, 11) is 3.46. The van der Waals surface area contributed by atoms with Gasteiger partial charge in [0.2, 0.25) is 5.91 Å². The summed E-state index contributed by atoms with van der Waals surface area (Å²) in [5, 5.41) is 3.83. The smallest absolute Gasteiger partial charge is 0.243 e. The predicted molar refractivity (Wildman–Crippen MR) is 52.2 cm³/mol. The third-order valence-corrected chi connectivity index (χ3v) is 2.20. The van der Waals surface area contributed by atoms with Crippen molar-refractivity contribution in [3.8, 4) is 0 Å². The van der Waals surface area contributed by atoms with Crippen molar-refractivity contribution in [3.05, 3.63) is 11.8 Å². The zero-order valence-corrected chi connectivity index (χ0v) is 8.77. The largest absolute Gasteiger partial charge is 0.377 e. The molecule has 2 heterocycles. The summed E-state index contributed by atoms with van der Waals surface area (Å²) in [6.07, 6.45) is 0. The molecule has 1 fully saturated rings. The fourth-order valence-corrected chi connectivity index (χ4v) is 1.53. The van der Waals surface area contributed by atoms with Crippen LogP contribution in [0.25, 0.3) is 0 Å². The lowest BCUT2D eigenvalue weighted by Crippen LogP contribution is -2.26. The molecule has 82 valence electrons. The molecule has 15 heavy (non-hydrogen) atoms. The summed E-state index contributed by atoms with van der Waals surface area (Å²) in [5.41, 5.74) is 0. The second-order valence-electron chi connectivity index (χ2n) is 3.56. The van der Waals surface area contributed by atoms with Crippen LogP contribution in [-0.4, -0.2) is 43.3 Å². The fraction of sp³-hybridized carbons (Fsp3) is 0.556. The third kappa shape index (κ3) is 2.00. The summed E-state index contributed by atoms with van der Waals surface area (Å²) < 4.78 is 9.92. The molecule has 1 aliphatic rings. The first-order chi connectivity index (χ1) is 7.20. The maximum absolute atomic E-state index is 11.5. The van der Waals surface area contributed by atoms with Crippen LogP contribution >= 0.6 is 0 Å². The first kappa shape index (κ1) is 10.1. The normalized spacial score (nSPS) is 17.7. The van der Waals surface area contributed by atoms with Gasteiger partial charge in [-0.05, 0) is 7.05 Å². The lowest BCUT2D eigenvalue weighted by Gasteiger charge is -2.10. The minimum atomic E-state index is 0.0368. The average Bonchev–Trinajstić information content (AvgIpc) is 2.73. The van der Waals surface area contributed by atoms with E-state index in [2.05, 4.69) is 5.16 Å². The molecule has 0 aromatic carbocycles. The Bertz CT molecular complexity index is 363. The van der Waals surface area contributed by atoms with Crippen molar-refractivity contribution < 1.29 is 14.1 Å². The van der Waals surface area contributed by atoms with Gasteiger partial charge in [-0.25, -0.2) is 0 Å². The van der Waals surface area contributed by atoms with Crippen molar-refractivity contribution >= 4 is 11.7 Å². The van der Waals surface area contributed by atoms with Crippen molar-refractivity contribution in [2.45, 2.75) is 6.61 Å². The van der Waals surface area contributed by atoms with E-state index in [1.807, 2.05) is 11.9 Å². The number of rotatable bonds is 3. The predicted octanol–water partition coefficient (Wildman–Crippen LogP) is 0.0569. The Kier molecular flexibility index (Phi) is 2.70. The summed E-state index contributed by atoms with van der Waals surface area (Å²) in [5.74, 6) is 1.21. The van der Waals surface area contributed by atoms with Crippen molar-refractivity contribution in [3.63, 3.8) is 0 Å². The van der Waals surface area contributed by atoms with E-state index < -0.39 is 0 Å². The van der Waals surface area contributed by atoms with Gasteiger partial charge in [0.05, 0.1) is 13.2 Å². The van der Waals surface area contributed by atoms with Crippen LogP contribution in [0.1, 0.15) is 5.76 Å². The molecule has 0 radical (unpaired) electrons. The Labute approximate surface area is 87.4 Å². The van der Waals surface area contributed by atoms with Gasteiger partial charge in [-0.3, -0.25) is 14.6 Å². The Balaban J connectivity index is 2.12. The number of carbonyl (C=O) groups is 1. The molecule has 1 amide bonds. The van der Waals surface area contributed by atoms with E-state index in [0.29, 0.717) is 31.4 Å². The number of amides is 1. The average molecular weight is 211 g/mol. The van der Waals surface area contributed by atoms with Crippen molar-refractivity contribution in [1.29, 1.82) is 0 Å². The van der Waals surface area contributed by atoms with Crippen LogP contribution in [0.4, 0.5) is 5.82 Å². The second-order valence-corrected chi connectivity index (χ2v) is 3.56. The molecule has 1 aromatic rings. The Morgan fingerprint density at radius 2 is 2.47 bits per heavy atom. The summed E-state index contributed by atoms with van der Waals surface area (Å²) in [4.78, 5) is 15.0. The number of carbonyl (C=O) groups excluding carboxylic acids is 1. The van der Waals surface area contributed by atoms with E-state index in [-0.39, 0.29) is 5.91 Å². The maximum atomic E-state index is 11.5. The molecule has 6 nitrogen and oxygen atoms in total. The van der Waals surface area contributed by atoms with Gasteiger partial charge in [0.15, 0.2) is 11.6 Å². The quantitative estimate of drug-likeness (QED) is 0.707. The SMILES string of the molecule is COCc1cc(N2CN(C)CC2=O)no1. The van der Waals surface area contributed by atoms with Crippen LogP contribution in [0.2, 0.25) is 0 Å². The van der Waals surface area contributed by atoms with Gasteiger partial charge in [-0.2, -0.15) is 0 Å². The number of hydrogen-bond donors (Lipinski definition) is 0. The van der Waals surface area contributed by atoms with Crippen molar-refractivity contribution in [1.82, 2.24) is 10.1 Å². The molecule has 1 saturated heterocycles. The van der Waals surface area contributed by atoms with Crippen molar-refractivity contribution in [2.75, 3.05) is 32.3 Å². The first-order valence-electron chi connectivity index (χ1n) is 4.64. The molecule has 0 saturated carbocycles. The number of methoxy groups -OCH3 is 1. The zero-order valence-electron chi connectivity index (χ0n) is 8.77. The third-order valence-electron chi connectivity index (χ3n) is 2.20. The molecular formula is C9H13N3O3. The van der Waals surface area contributed by atoms with Crippen LogP contribution < -0.4 is 4.90 Å². The summed E-state index contributed by atoms with van der Waals surface area (Å²) in [6.45, 7) is 1.34. The van der Waals surface area contributed by atoms with E-state index in [1.165, 1.54) is 0 Å². The van der Waals surface area contributed by atoms with Gasteiger partial charge in [0.1, 0.15) is 6.61 Å². The highest BCUT2D eigenvalue weighted by Gasteiger charge is 2.28. The molecule has 2 rings (SSSR count). The standard InChI is InChI=1S/C9H13N3O3/c1-11-4-9(13)12(6-11)8-3-7(5-14-2)15-10-8/h3H,4-6H2,1-2H3. The minimum Gasteiger partial charge on any atom is -0.377 e. The monoisotopic (exact) mass is 211 g/mol. The molecule has 0 aliphatic carbocycles. The van der Waals surface area contributed by atoms with Crippen LogP contribution in [0.5, 0.6) is 0 Å². The summed E-state index contributed by atoms with van der Waals surface area (Å²) in [6, 6.07) is 1.72. The number of likely N-dealkylation sites (N-methyl/N-ethyl adjacent to an activating group) is 1. The number of anilines is 1. The molecule has 0 N–H and O–H groups in total. The van der Waals surface area contributed by atoms with Crippen LogP contribution in [0, 0.1) is 0 Å². The molecule has 0 spiro atoms. The summed E-state index contributed by atoms with van der Waals surface area (Å²) >= 11 is 0. The number of ether oxygens (including phenoxy) is 1. The van der Waals surface area contributed by atoms with Gasteiger partial charge >= 0.3 is 0 Å². The van der Waals surface area contributed by atoms with Gasteiger partial charge in [0, 0.05) is 13.2 Å². The molecular weight excluding hydrogens is 198 g/mol. The van der Waals surface area contributed by atoms with Crippen LogP contribution in [0.15, 0.2) is 10.6 Å². The molecule has 0 bridgehead atoms. The maximum Gasteiger partial charge on any atom is 0.243 e. The van der Waals surface area contributed by atoms with Gasteiger partial charge in [-0.1, -0.05) is 5.16 Å². The molecule has 0 unspecified atom stereocenters. The van der Waals surface area contributed by atoms with Gasteiger partial charge in [-0.15, -0.1) is 0 Å². The highest BCUT2D eigenvalue weighted by atomic mass is 16.5. The zero-order chi connectivity index (χ0) is 10.8. The number of nitrogens with zero attached hydrogens (tertiary/aromatic N) is 3. The van der Waals surface area contributed by atoms with Gasteiger partial charge < -0.3 is 9.26 Å². The highest BCUT2D eigenvalue weighted by molar-refractivity contribution is 5.95. The Hall–Kier alpha value is -1.40. The fourth-order valence-electron chi connectivity index (χ4n) is 1.53. The second kappa shape index (κ2) is 4.00.